The standard InChI is InChI=1S/C16H24BrFN2O/c1-3-19-14(15-11-20(4-2)8-9-21-15)10-12-6-5-7-13(18)16(12)17/h5-7,14-15,19H,3-4,8-11H2,1-2H3. The van der Waals surface area contributed by atoms with Gasteiger partial charge in [0.2, 0.25) is 0 Å². The van der Waals surface area contributed by atoms with Crippen LogP contribution in [0.3, 0.4) is 0 Å². The number of halogens is 2. The summed E-state index contributed by atoms with van der Waals surface area (Å²) >= 11 is 3.36. The Hall–Kier alpha value is -0.490. The maximum atomic E-state index is 13.7. The zero-order valence-corrected chi connectivity index (χ0v) is 14.3. The fourth-order valence-electron chi connectivity index (χ4n) is 2.80. The van der Waals surface area contributed by atoms with Gasteiger partial charge in [0.25, 0.3) is 0 Å². The Bertz CT molecular complexity index is 458. The van der Waals surface area contributed by atoms with Crippen LogP contribution in [0.4, 0.5) is 4.39 Å². The minimum absolute atomic E-state index is 0.147. The highest BCUT2D eigenvalue weighted by atomic mass is 79.9. The molecule has 5 heteroatoms. The molecule has 1 aromatic carbocycles. The molecule has 2 unspecified atom stereocenters. The summed E-state index contributed by atoms with van der Waals surface area (Å²) in [6.45, 7) is 8.88. The molecule has 21 heavy (non-hydrogen) atoms. The van der Waals surface area contributed by atoms with E-state index in [0.29, 0.717) is 4.47 Å². The lowest BCUT2D eigenvalue weighted by molar-refractivity contribution is -0.0445. The van der Waals surface area contributed by atoms with E-state index < -0.39 is 0 Å². The third kappa shape index (κ3) is 4.49. The van der Waals surface area contributed by atoms with Crippen LogP contribution < -0.4 is 5.32 Å². The lowest BCUT2D eigenvalue weighted by Gasteiger charge is -2.37. The zero-order chi connectivity index (χ0) is 15.2. The molecule has 0 amide bonds. The molecule has 1 saturated heterocycles. The maximum absolute atomic E-state index is 13.7. The summed E-state index contributed by atoms with van der Waals surface area (Å²) in [5, 5.41) is 3.50. The molecule has 118 valence electrons. The zero-order valence-electron chi connectivity index (χ0n) is 12.7. The molecule has 1 aliphatic rings. The molecule has 2 atom stereocenters. The first kappa shape index (κ1) is 16.9. The van der Waals surface area contributed by atoms with Crippen LogP contribution in [-0.2, 0) is 11.2 Å². The SMILES string of the molecule is CCNC(Cc1cccc(F)c1Br)C1CN(CC)CCO1. The summed E-state index contributed by atoms with van der Waals surface area (Å²) in [5.74, 6) is -0.206. The van der Waals surface area contributed by atoms with Crippen LogP contribution in [-0.4, -0.2) is 49.8 Å². The van der Waals surface area contributed by atoms with Crippen molar-refractivity contribution < 1.29 is 9.13 Å². The molecule has 1 aliphatic heterocycles. The smallest absolute Gasteiger partial charge is 0.137 e. The molecule has 1 heterocycles. The van der Waals surface area contributed by atoms with Crippen molar-refractivity contribution in [2.45, 2.75) is 32.4 Å². The lowest BCUT2D eigenvalue weighted by Crippen LogP contribution is -2.53. The van der Waals surface area contributed by atoms with Gasteiger partial charge in [-0.2, -0.15) is 0 Å². The van der Waals surface area contributed by atoms with Gasteiger partial charge in [0.05, 0.1) is 17.2 Å². The van der Waals surface area contributed by atoms with Crippen molar-refractivity contribution in [1.82, 2.24) is 10.2 Å². The largest absolute Gasteiger partial charge is 0.374 e. The van der Waals surface area contributed by atoms with Gasteiger partial charge in [0.15, 0.2) is 0 Å². The van der Waals surface area contributed by atoms with E-state index in [1.54, 1.807) is 6.07 Å². The third-order valence-electron chi connectivity index (χ3n) is 4.01. The van der Waals surface area contributed by atoms with Crippen LogP contribution in [0, 0.1) is 5.82 Å². The predicted octanol–water partition coefficient (Wildman–Crippen LogP) is 2.83. The second kappa shape index (κ2) is 8.22. The topological polar surface area (TPSA) is 24.5 Å². The van der Waals surface area contributed by atoms with Crippen molar-refractivity contribution in [3.05, 3.63) is 34.1 Å². The van der Waals surface area contributed by atoms with Gasteiger partial charge in [-0.15, -0.1) is 0 Å². The van der Waals surface area contributed by atoms with E-state index in [1.165, 1.54) is 6.07 Å². The molecule has 0 aromatic heterocycles. The normalized spacial score (nSPS) is 21.4. The first-order chi connectivity index (χ1) is 10.2. The van der Waals surface area contributed by atoms with Gasteiger partial charge in [-0.3, -0.25) is 4.90 Å². The van der Waals surface area contributed by atoms with Gasteiger partial charge < -0.3 is 10.1 Å². The Morgan fingerprint density at radius 3 is 3.00 bits per heavy atom. The maximum Gasteiger partial charge on any atom is 0.137 e. The molecule has 0 bridgehead atoms. The monoisotopic (exact) mass is 358 g/mol. The molecule has 2 rings (SSSR count). The molecule has 3 nitrogen and oxygen atoms in total. The summed E-state index contributed by atoms with van der Waals surface area (Å²) in [7, 11) is 0. The van der Waals surface area contributed by atoms with Crippen LogP contribution in [0.2, 0.25) is 0 Å². The quantitative estimate of drug-likeness (QED) is 0.846. The Morgan fingerprint density at radius 2 is 2.29 bits per heavy atom. The molecule has 1 fully saturated rings. The van der Waals surface area contributed by atoms with Gasteiger partial charge in [-0.1, -0.05) is 26.0 Å². The molecule has 1 aromatic rings. The van der Waals surface area contributed by atoms with Crippen molar-refractivity contribution in [3.63, 3.8) is 0 Å². The number of morpholine rings is 1. The highest BCUT2D eigenvalue weighted by molar-refractivity contribution is 9.10. The average Bonchev–Trinajstić information content (AvgIpc) is 2.51. The molecule has 0 saturated carbocycles. The van der Waals surface area contributed by atoms with Gasteiger partial charge in [0, 0.05) is 19.1 Å². The van der Waals surface area contributed by atoms with Crippen molar-refractivity contribution in [1.29, 1.82) is 0 Å². The van der Waals surface area contributed by atoms with E-state index in [9.17, 15) is 4.39 Å². The molecule has 1 N–H and O–H groups in total. The Kier molecular flexibility index (Phi) is 6.61. The van der Waals surface area contributed by atoms with E-state index in [4.69, 9.17) is 4.74 Å². The molecule has 0 aliphatic carbocycles. The number of ether oxygens (including phenoxy) is 1. The van der Waals surface area contributed by atoms with Crippen molar-refractivity contribution >= 4 is 15.9 Å². The first-order valence-corrected chi connectivity index (χ1v) is 8.45. The molecule has 0 spiro atoms. The van der Waals surface area contributed by atoms with Gasteiger partial charge in [-0.05, 0) is 47.1 Å². The Balaban J connectivity index is 2.09. The fraction of sp³-hybridized carbons (Fsp3) is 0.625. The van der Waals surface area contributed by atoms with Crippen LogP contribution in [0.15, 0.2) is 22.7 Å². The van der Waals surface area contributed by atoms with Gasteiger partial charge >= 0.3 is 0 Å². The second-order valence-electron chi connectivity index (χ2n) is 5.38. The van der Waals surface area contributed by atoms with Gasteiger partial charge in [-0.25, -0.2) is 4.39 Å². The molecular weight excluding hydrogens is 335 g/mol. The Labute approximate surface area is 135 Å². The lowest BCUT2D eigenvalue weighted by atomic mass is 9.99. The number of nitrogens with one attached hydrogen (secondary N) is 1. The fourth-order valence-corrected chi connectivity index (χ4v) is 3.23. The summed E-state index contributed by atoms with van der Waals surface area (Å²) in [4.78, 5) is 2.40. The number of nitrogens with zero attached hydrogens (tertiary/aromatic N) is 1. The minimum Gasteiger partial charge on any atom is -0.374 e. The molecular formula is C16H24BrFN2O. The van der Waals surface area contributed by atoms with Crippen molar-refractivity contribution in [3.8, 4) is 0 Å². The number of hydrogen-bond acceptors (Lipinski definition) is 3. The van der Waals surface area contributed by atoms with Crippen LogP contribution >= 0.6 is 15.9 Å². The number of hydrogen-bond donors (Lipinski definition) is 1. The summed E-state index contributed by atoms with van der Waals surface area (Å²) < 4.78 is 20.2. The third-order valence-corrected chi connectivity index (χ3v) is 4.90. The van der Waals surface area contributed by atoms with Gasteiger partial charge in [0.1, 0.15) is 5.82 Å². The summed E-state index contributed by atoms with van der Waals surface area (Å²) in [6, 6.07) is 5.41. The van der Waals surface area contributed by atoms with Crippen LogP contribution in [0.5, 0.6) is 0 Å². The number of likely N-dealkylation sites (N-methyl/N-ethyl adjacent to an activating group) is 2. The summed E-state index contributed by atoms with van der Waals surface area (Å²) in [6.07, 6.45) is 0.905. The van der Waals surface area contributed by atoms with Crippen LogP contribution in [0.25, 0.3) is 0 Å². The van der Waals surface area contributed by atoms with Crippen LogP contribution in [0.1, 0.15) is 19.4 Å². The summed E-state index contributed by atoms with van der Waals surface area (Å²) in [5.41, 5.74) is 0.984. The van der Waals surface area contributed by atoms with Crippen molar-refractivity contribution in [2.75, 3.05) is 32.8 Å². The first-order valence-electron chi connectivity index (χ1n) is 7.65. The minimum atomic E-state index is -0.206. The number of benzene rings is 1. The predicted molar refractivity (Wildman–Crippen MR) is 87.1 cm³/mol. The van der Waals surface area contributed by atoms with E-state index in [1.807, 2.05) is 6.07 Å². The average molecular weight is 359 g/mol. The molecule has 0 radical (unpaired) electrons. The van der Waals surface area contributed by atoms with E-state index in [2.05, 4.69) is 40.0 Å². The second-order valence-corrected chi connectivity index (χ2v) is 6.18. The Morgan fingerprint density at radius 1 is 1.48 bits per heavy atom. The van der Waals surface area contributed by atoms with E-state index in [0.717, 1.165) is 44.8 Å². The number of rotatable bonds is 6. The van der Waals surface area contributed by atoms with Crippen molar-refractivity contribution in [2.24, 2.45) is 0 Å². The van der Waals surface area contributed by atoms with E-state index >= 15 is 0 Å². The highest BCUT2D eigenvalue weighted by Gasteiger charge is 2.27. The highest BCUT2D eigenvalue weighted by Crippen LogP contribution is 2.23. The van der Waals surface area contributed by atoms with E-state index in [-0.39, 0.29) is 18.0 Å².